The molecule has 0 spiro atoms. The molecule has 0 aliphatic carbocycles. The van der Waals surface area contributed by atoms with Gasteiger partial charge in [0.2, 0.25) is 0 Å². The third kappa shape index (κ3) is 5.22. The maximum Gasteiger partial charge on any atom is 0.159 e. The summed E-state index contributed by atoms with van der Waals surface area (Å²) >= 11 is 0. The minimum absolute atomic E-state index is 0.635. The Morgan fingerprint density at radius 1 is 0.431 bits per heavy atom. The SMILES string of the molecule is CN(c1ccc(C#N)cc1-c1ccccc1)c1ccc2ccc3c(N(c4ccccc4-c4ccccc4)c4cccc5c4oc4ccccc45)ccc4ccc1c2c43. The van der Waals surface area contributed by atoms with Crippen LogP contribution in [0.5, 0.6) is 0 Å². The fourth-order valence-electron chi connectivity index (χ4n) is 8.96. The van der Waals surface area contributed by atoms with Crippen molar-refractivity contribution < 1.29 is 4.42 Å². The van der Waals surface area contributed by atoms with Gasteiger partial charge < -0.3 is 14.2 Å². The minimum Gasteiger partial charge on any atom is -0.454 e. The van der Waals surface area contributed by atoms with Gasteiger partial charge in [0.15, 0.2) is 5.58 Å². The number of nitriles is 1. The Morgan fingerprint density at radius 2 is 1.00 bits per heavy atom. The number of fused-ring (bicyclic) bond motifs is 3. The number of para-hydroxylation sites is 3. The summed E-state index contributed by atoms with van der Waals surface area (Å²) in [6, 6.07) is 70.7. The Balaban J connectivity index is 1.17. The summed E-state index contributed by atoms with van der Waals surface area (Å²) in [6.45, 7) is 0. The van der Waals surface area contributed by atoms with Crippen LogP contribution in [0.1, 0.15) is 5.56 Å². The summed E-state index contributed by atoms with van der Waals surface area (Å²) in [5.41, 5.74) is 11.9. The quantitative estimate of drug-likeness (QED) is 0.153. The molecule has 0 radical (unpaired) electrons. The van der Waals surface area contributed by atoms with Crippen LogP contribution in [0.3, 0.4) is 0 Å². The van der Waals surface area contributed by atoms with E-state index in [4.69, 9.17) is 4.42 Å². The molecule has 0 N–H and O–H groups in total. The van der Waals surface area contributed by atoms with Crippen LogP contribution < -0.4 is 9.80 Å². The van der Waals surface area contributed by atoms with Crippen molar-refractivity contribution in [3.8, 4) is 28.3 Å². The summed E-state index contributed by atoms with van der Waals surface area (Å²) in [7, 11) is 2.13. The van der Waals surface area contributed by atoms with E-state index in [0.717, 1.165) is 83.4 Å². The van der Waals surface area contributed by atoms with Crippen LogP contribution in [-0.2, 0) is 0 Å². The van der Waals surface area contributed by atoms with Gasteiger partial charge in [-0.2, -0.15) is 5.26 Å². The predicted octanol–water partition coefficient (Wildman–Crippen LogP) is 14.9. The highest BCUT2D eigenvalue weighted by atomic mass is 16.3. The maximum absolute atomic E-state index is 9.85. The maximum atomic E-state index is 9.85. The van der Waals surface area contributed by atoms with Crippen molar-refractivity contribution in [3.63, 3.8) is 0 Å². The number of furan rings is 1. The Bertz CT molecular complexity index is 3380. The topological polar surface area (TPSA) is 43.4 Å². The molecule has 4 heteroatoms. The fraction of sp³-hybridized carbons (Fsp3) is 0.0185. The van der Waals surface area contributed by atoms with Crippen molar-refractivity contribution in [2.45, 2.75) is 0 Å². The Kier molecular flexibility index (Phi) is 7.74. The summed E-state index contributed by atoms with van der Waals surface area (Å²) in [6.07, 6.45) is 0. The molecular weight excluding hydrogens is 707 g/mol. The van der Waals surface area contributed by atoms with Crippen molar-refractivity contribution in [3.05, 3.63) is 200 Å². The zero-order valence-corrected chi connectivity index (χ0v) is 31.7. The smallest absolute Gasteiger partial charge is 0.159 e. The molecule has 0 saturated heterocycles. The first-order valence-electron chi connectivity index (χ1n) is 19.5. The first kappa shape index (κ1) is 33.5. The van der Waals surface area contributed by atoms with Gasteiger partial charge in [-0.25, -0.2) is 0 Å². The van der Waals surface area contributed by atoms with E-state index in [1.54, 1.807) is 0 Å². The standard InChI is InChI=1S/C54H35N3O/c1-56(47-30-23-35(34-55)33-45(47)37-15-6-3-7-16-37)46-31-26-38-25-29-44-49(32-27-39-24-28-43(46)52(38)53(39)44)57(48-20-10-8-17-40(48)36-13-4-2-5-14-36)50-21-12-19-42-41-18-9-11-22-51(41)58-54(42)50/h2-33H,1H3. The lowest BCUT2D eigenvalue weighted by Gasteiger charge is -2.30. The fourth-order valence-corrected chi connectivity index (χ4v) is 8.96. The Morgan fingerprint density at radius 3 is 1.74 bits per heavy atom. The lowest BCUT2D eigenvalue weighted by Crippen LogP contribution is -2.13. The average Bonchev–Trinajstić information content (AvgIpc) is 3.68. The molecular formula is C54H35N3O. The molecule has 4 nitrogen and oxygen atoms in total. The second kappa shape index (κ2) is 13.4. The summed E-state index contributed by atoms with van der Waals surface area (Å²) in [5.74, 6) is 0. The molecule has 0 atom stereocenters. The van der Waals surface area contributed by atoms with E-state index in [-0.39, 0.29) is 0 Å². The van der Waals surface area contributed by atoms with E-state index in [0.29, 0.717) is 5.56 Å². The summed E-state index contributed by atoms with van der Waals surface area (Å²) in [5, 5.41) is 19.1. The number of rotatable bonds is 7. The molecule has 1 aromatic heterocycles. The van der Waals surface area contributed by atoms with Crippen LogP contribution >= 0.6 is 0 Å². The molecule has 10 aromatic carbocycles. The van der Waals surface area contributed by atoms with Gasteiger partial charge in [-0.3, -0.25) is 0 Å². The molecule has 0 aliphatic rings. The van der Waals surface area contributed by atoms with E-state index in [2.05, 4.69) is 175 Å². The monoisotopic (exact) mass is 741 g/mol. The number of nitrogens with zero attached hydrogens (tertiary/aromatic N) is 3. The van der Waals surface area contributed by atoms with Crippen molar-refractivity contribution in [1.29, 1.82) is 5.26 Å². The van der Waals surface area contributed by atoms with Crippen LogP contribution in [-0.4, -0.2) is 7.05 Å². The van der Waals surface area contributed by atoms with E-state index >= 15 is 0 Å². The van der Waals surface area contributed by atoms with Gasteiger partial charge in [0.25, 0.3) is 0 Å². The van der Waals surface area contributed by atoms with Gasteiger partial charge in [0.05, 0.1) is 28.7 Å². The van der Waals surface area contributed by atoms with E-state index in [9.17, 15) is 5.26 Å². The molecule has 0 unspecified atom stereocenters. The van der Waals surface area contributed by atoms with Gasteiger partial charge >= 0.3 is 0 Å². The highest BCUT2D eigenvalue weighted by Gasteiger charge is 2.25. The molecule has 0 bridgehead atoms. The van der Waals surface area contributed by atoms with E-state index in [1.807, 2.05) is 42.5 Å². The van der Waals surface area contributed by atoms with Gasteiger partial charge in [0.1, 0.15) is 5.58 Å². The molecule has 0 aliphatic heterocycles. The highest BCUT2D eigenvalue weighted by Crippen LogP contribution is 2.50. The number of hydrogen-bond acceptors (Lipinski definition) is 4. The second-order valence-corrected chi connectivity index (χ2v) is 14.8. The molecule has 272 valence electrons. The Labute approximate surface area is 336 Å². The van der Waals surface area contributed by atoms with Gasteiger partial charge in [0, 0.05) is 51.1 Å². The van der Waals surface area contributed by atoms with Gasteiger partial charge in [-0.05, 0) is 81.2 Å². The molecule has 0 fully saturated rings. The van der Waals surface area contributed by atoms with Crippen LogP contribution in [0.25, 0.3) is 76.5 Å². The van der Waals surface area contributed by atoms with Crippen LogP contribution in [0.4, 0.5) is 28.4 Å². The highest BCUT2D eigenvalue weighted by molar-refractivity contribution is 6.28. The number of hydrogen-bond donors (Lipinski definition) is 0. The predicted molar refractivity (Wildman–Crippen MR) is 242 cm³/mol. The van der Waals surface area contributed by atoms with Crippen LogP contribution in [0.15, 0.2) is 199 Å². The third-order valence-electron chi connectivity index (χ3n) is 11.6. The molecule has 11 aromatic rings. The lowest BCUT2D eigenvalue weighted by molar-refractivity contribution is 0.669. The zero-order valence-electron chi connectivity index (χ0n) is 31.7. The molecule has 58 heavy (non-hydrogen) atoms. The van der Waals surface area contributed by atoms with Crippen LogP contribution in [0, 0.1) is 11.3 Å². The average molecular weight is 742 g/mol. The number of anilines is 5. The number of benzene rings is 10. The molecule has 11 rings (SSSR count). The first-order valence-corrected chi connectivity index (χ1v) is 19.5. The molecule has 0 saturated carbocycles. The largest absolute Gasteiger partial charge is 0.454 e. The van der Waals surface area contributed by atoms with Gasteiger partial charge in [-0.15, -0.1) is 0 Å². The summed E-state index contributed by atoms with van der Waals surface area (Å²) in [4.78, 5) is 4.66. The van der Waals surface area contributed by atoms with Crippen LogP contribution in [0.2, 0.25) is 0 Å². The summed E-state index contributed by atoms with van der Waals surface area (Å²) < 4.78 is 6.75. The minimum atomic E-state index is 0.635. The van der Waals surface area contributed by atoms with Crippen molar-refractivity contribution >= 4 is 82.7 Å². The van der Waals surface area contributed by atoms with Crippen molar-refractivity contribution in [2.75, 3.05) is 16.8 Å². The first-order chi connectivity index (χ1) is 28.7. The van der Waals surface area contributed by atoms with Gasteiger partial charge in [-0.1, -0.05) is 146 Å². The lowest BCUT2D eigenvalue weighted by atomic mass is 9.91. The molecule has 0 amide bonds. The zero-order chi connectivity index (χ0) is 38.7. The van der Waals surface area contributed by atoms with Crippen molar-refractivity contribution in [2.24, 2.45) is 0 Å². The van der Waals surface area contributed by atoms with E-state index in [1.165, 1.54) is 21.5 Å². The van der Waals surface area contributed by atoms with Crippen molar-refractivity contribution in [1.82, 2.24) is 0 Å². The normalized spacial score (nSPS) is 11.5. The second-order valence-electron chi connectivity index (χ2n) is 14.8. The third-order valence-corrected chi connectivity index (χ3v) is 11.6. The molecule has 1 heterocycles. The van der Waals surface area contributed by atoms with E-state index < -0.39 is 0 Å². The Hall–Kier alpha value is -7.87.